The minimum Gasteiger partial charge on any atom is -0.481 e. The van der Waals surface area contributed by atoms with Crippen LogP contribution in [-0.2, 0) is 11.3 Å². The van der Waals surface area contributed by atoms with Gasteiger partial charge in [-0.25, -0.2) is 4.98 Å². The maximum atomic E-state index is 11.9. The number of rotatable bonds is 5. The molecule has 1 N–H and O–H groups in total. The Morgan fingerprint density at radius 1 is 1.65 bits per heavy atom. The topological polar surface area (TPSA) is 75.4 Å². The van der Waals surface area contributed by atoms with E-state index in [1.54, 1.807) is 31.3 Å². The summed E-state index contributed by atoms with van der Waals surface area (Å²) in [6.07, 6.45) is 3.16. The fraction of sp³-hybridized carbons (Fsp3) is 0.545. The summed E-state index contributed by atoms with van der Waals surface area (Å²) in [6, 6.07) is 0. The van der Waals surface area contributed by atoms with Gasteiger partial charge in [-0.3, -0.25) is 9.59 Å². The van der Waals surface area contributed by atoms with Gasteiger partial charge in [0.2, 0.25) is 0 Å². The zero-order chi connectivity index (χ0) is 13.0. The maximum absolute atomic E-state index is 11.9. The van der Waals surface area contributed by atoms with E-state index in [1.807, 2.05) is 6.92 Å². The Balaban J connectivity index is 2.93. The molecule has 0 bridgehead atoms. The molecule has 17 heavy (non-hydrogen) atoms. The third-order valence-corrected chi connectivity index (χ3v) is 2.57. The average Bonchev–Trinajstić information content (AvgIpc) is 2.28. The molecule has 6 heteroatoms. The Morgan fingerprint density at radius 2 is 2.29 bits per heavy atom. The van der Waals surface area contributed by atoms with Gasteiger partial charge in [-0.15, -0.1) is 0 Å². The molecule has 0 spiro atoms. The Bertz CT molecular complexity index is 456. The standard InChI is InChI=1S/C11H17N3O3/c1-4-14-6-5-12-9(10(14)15)13(3)7-8(2)11(16)17/h5-6,8H,4,7H2,1-3H3,(H,16,17). The lowest BCUT2D eigenvalue weighted by Gasteiger charge is -2.20. The lowest BCUT2D eigenvalue weighted by molar-refractivity contribution is -0.140. The number of carboxylic acid groups (broad SMARTS) is 1. The lowest BCUT2D eigenvalue weighted by atomic mass is 10.2. The first-order valence-electron chi connectivity index (χ1n) is 5.46. The summed E-state index contributed by atoms with van der Waals surface area (Å²) in [5.74, 6) is -1.15. The molecule has 1 unspecified atom stereocenters. The fourth-order valence-corrected chi connectivity index (χ4v) is 1.52. The van der Waals surface area contributed by atoms with E-state index in [0.717, 1.165) is 0 Å². The van der Waals surface area contributed by atoms with Crippen molar-refractivity contribution in [2.75, 3.05) is 18.5 Å². The minimum atomic E-state index is -0.886. The molecule has 0 radical (unpaired) electrons. The molecule has 0 aliphatic rings. The number of nitrogens with zero attached hydrogens (tertiary/aromatic N) is 3. The number of anilines is 1. The van der Waals surface area contributed by atoms with Gasteiger partial charge in [0.1, 0.15) is 0 Å². The first-order chi connectivity index (χ1) is 7.97. The molecule has 1 rings (SSSR count). The van der Waals surface area contributed by atoms with Gasteiger partial charge >= 0.3 is 5.97 Å². The second-order valence-corrected chi connectivity index (χ2v) is 3.96. The van der Waals surface area contributed by atoms with E-state index in [1.165, 1.54) is 4.57 Å². The smallest absolute Gasteiger partial charge is 0.308 e. The second-order valence-electron chi connectivity index (χ2n) is 3.96. The van der Waals surface area contributed by atoms with E-state index in [4.69, 9.17) is 5.11 Å². The highest BCUT2D eigenvalue weighted by Gasteiger charge is 2.16. The van der Waals surface area contributed by atoms with Crippen LogP contribution in [0.5, 0.6) is 0 Å². The third kappa shape index (κ3) is 3.05. The molecule has 1 atom stereocenters. The molecule has 0 aromatic carbocycles. The van der Waals surface area contributed by atoms with Gasteiger partial charge in [-0.2, -0.15) is 0 Å². The van der Waals surface area contributed by atoms with Crippen LogP contribution in [0.4, 0.5) is 5.82 Å². The summed E-state index contributed by atoms with van der Waals surface area (Å²) >= 11 is 0. The van der Waals surface area contributed by atoms with Crippen molar-refractivity contribution in [3.63, 3.8) is 0 Å². The molecule has 0 aliphatic heterocycles. The monoisotopic (exact) mass is 239 g/mol. The zero-order valence-electron chi connectivity index (χ0n) is 10.3. The van der Waals surface area contributed by atoms with Crippen LogP contribution in [0, 0.1) is 5.92 Å². The molecule has 6 nitrogen and oxygen atoms in total. The molecule has 1 aromatic heterocycles. The van der Waals surface area contributed by atoms with E-state index in [9.17, 15) is 9.59 Å². The molecular formula is C11H17N3O3. The molecule has 0 aliphatic carbocycles. The van der Waals surface area contributed by atoms with Crippen LogP contribution in [0.15, 0.2) is 17.2 Å². The van der Waals surface area contributed by atoms with Crippen molar-refractivity contribution in [3.8, 4) is 0 Å². The summed E-state index contributed by atoms with van der Waals surface area (Å²) in [5, 5.41) is 8.82. The molecule has 94 valence electrons. The van der Waals surface area contributed by atoms with Gasteiger partial charge in [-0.1, -0.05) is 6.92 Å². The number of hydrogen-bond donors (Lipinski definition) is 1. The number of hydrogen-bond acceptors (Lipinski definition) is 4. The molecule has 0 amide bonds. The van der Waals surface area contributed by atoms with Crippen molar-refractivity contribution in [1.82, 2.24) is 9.55 Å². The first kappa shape index (κ1) is 13.2. The van der Waals surface area contributed by atoms with Gasteiger partial charge in [0.25, 0.3) is 5.56 Å². The number of aliphatic carboxylic acids is 1. The van der Waals surface area contributed by atoms with E-state index in [0.29, 0.717) is 6.54 Å². The molecule has 1 heterocycles. The molecular weight excluding hydrogens is 222 g/mol. The van der Waals surface area contributed by atoms with Gasteiger partial charge in [0.05, 0.1) is 5.92 Å². The number of aromatic nitrogens is 2. The molecule has 0 saturated carbocycles. The van der Waals surface area contributed by atoms with Crippen molar-refractivity contribution in [2.45, 2.75) is 20.4 Å². The summed E-state index contributed by atoms with van der Waals surface area (Å²) in [6.45, 7) is 4.28. The maximum Gasteiger partial charge on any atom is 0.308 e. The second kappa shape index (κ2) is 5.47. The van der Waals surface area contributed by atoms with Crippen LogP contribution < -0.4 is 10.5 Å². The predicted octanol–water partition coefficient (Wildman–Crippen LogP) is 0.420. The van der Waals surface area contributed by atoms with E-state index in [2.05, 4.69) is 4.98 Å². The highest BCUT2D eigenvalue weighted by atomic mass is 16.4. The van der Waals surface area contributed by atoms with Crippen molar-refractivity contribution in [3.05, 3.63) is 22.7 Å². The van der Waals surface area contributed by atoms with Crippen LogP contribution in [-0.4, -0.2) is 34.2 Å². The van der Waals surface area contributed by atoms with Crippen molar-refractivity contribution < 1.29 is 9.90 Å². The van der Waals surface area contributed by atoms with Gasteiger partial charge in [0.15, 0.2) is 5.82 Å². The number of carbonyl (C=O) groups is 1. The van der Waals surface area contributed by atoms with Crippen LogP contribution >= 0.6 is 0 Å². The summed E-state index contributed by atoms with van der Waals surface area (Å²) in [7, 11) is 1.67. The van der Waals surface area contributed by atoms with Crippen LogP contribution in [0.3, 0.4) is 0 Å². The van der Waals surface area contributed by atoms with Gasteiger partial charge < -0.3 is 14.6 Å². The Labute approximate surface area is 99.5 Å². The zero-order valence-corrected chi connectivity index (χ0v) is 10.3. The SMILES string of the molecule is CCn1ccnc(N(C)CC(C)C(=O)O)c1=O. The van der Waals surface area contributed by atoms with Crippen LogP contribution in [0.1, 0.15) is 13.8 Å². The molecule has 0 saturated heterocycles. The van der Waals surface area contributed by atoms with Gasteiger partial charge in [0, 0.05) is 32.5 Å². The van der Waals surface area contributed by atoms with E-state index in [-0.39, 0.29) is 17.9 Å². The largest absolute Gasteiger partial charge is 0.481 e. The van der Waals surface area contributed by atoms with Crippen LogP contribution in [0.25, 0.3) is 0 Å². The Morgan fingerprint density at radius 3 is 2.82 bits per heavy atom. The Hall–Kier alpha value is -1.85. The highest BCUT2D eigenvalue weighted by Crippen LogP contribution is 2.05. The van der Waals surface area contributed by atoms with Crippen molar-refractivity contribution >= 4 is 11.8 Å². The highest BCUT2D eigenvalue weighted by molar-refractivity contribution is 5.70. The summed E-state index contributed by atoms with van der Waals surface area (Å²) in [5.41, 5.74) is -0.199. The number of carboxylic acids is 1. The quantitative estimate of drug-likeness (QED) is 0.806. The van der Waals surface area contributed by atoms with Crippen molar-refractivity contribution in [2.24, 2.45) is 5.92 Å². The molecule has 0 fully saturated rings. The minimum absolute atomic E-state index is 0.199. The summed E-state index contributed by atoms with van der Waals surface area (Å²) < 4.78 is 1.53. The lowest BCUT2D eigenvalue weighted by Crippen LogP contribution is -2.35. The normalized spacial score (nSPS) is 12.2. The predicted molar refractivity (Wildman–Crippen MR) is 64.2 cm³/mol. The van der Waals surface area contributed by atoms with E-state index < -0.39 is 11.9 Å². The van der Waals surface area contributed by atoms with Crippen molar-refractivity contribution in [1.29, 1.82) is 0 Å². The van der Waals surface area contributed by atoms with Gasteiger partial charge in [-0.05, 0) is 6.92 Å². The van der Waals surface area contributed by atoms with Crippen LogP contribution in [0.2, 0.25) is 0 Å². The molecule has 1 aromatic rings. The third-order valence-electron chi connectivity index (χ3n) is 2.57. The van der Waals surface area contributed by atoms with E-state index >= 15 is 0 Å². The summed E-state index contributed by atoms with van der Waals surface area (Å²) in [4.78, 5) is 28.2. The number of aryl methyl sites for hydroxylation is 1. The average molecular weight is 239 g/mol. The first-order valence-corrected chi connectivity index (χ1v) is 5.46. The fourth-order valence-electron chi connectivity index (χ4n) is 1.52. The Kier molecular flexibility index (Phi) is 4.25.